The molecule has 0 N–H and O–H groups in total. The van der Waals surface area contributed by atoms with E-state index in [1.54, 1.807) is 0 Å². The van der Waals surface area contributed by atoms with Crippen molar-refractivity contribution < 1.29 is 23.0 Å². The standard InChI is InChI=1S/C15H16F2O3/c1-19-11(18)5-3-8-2-4-9-12(8)10-6-7-20-15(10)14(17)13(9)16/h8H,2-7H2,1H3. The number of carbonyl (C=O) groups is 1. The van der Waals surface area contributed by atoms with Gasteiger partial charge in [-0.3, -0.25) is 4.79 Å². The summed E-state index contributed by atoms with van der Waals surface area (Å²) in [6, 6.07) is 0. The number of hydrogen-bond donors (Lipinski definition) is 0. The van der Waals surface area contributed by atoms with Crippen molar-refractivity contribution in [1.29, 1.82) is 0 Å². The third-order valence-corrected chi connectivity index (χ3v) is 4.26. The summed E-state index contributed by atoms with van der Waals surface area (Å²) in [6.07, 6.45) is 2.80. The number of ether oxygens (including phenoxy) is 2. The second kappa shape index (κ2) is 5.04. The van der Waals surface area contributed by atoms with Crippen LogP contribution in [0.4, 0.5) is 8.78 Å². The van der Waals surface area contributed by atoms with Gasteiger partial charge in [-0.25, -0.2) is 4.39 Å². The molecule has 0 radical (unpaired) electrons. The number of fused-ring (bicyclic) bond motifs is 3. The summed E-state index contributed by atoms with van der Waals surface area (Å²) in [5.74, 6) is -1.74. The molecule has 1 aliphatic carbocycles. The fourth-order valence-corrected chi connectivity index (χ4v) is 3.32. The van der Waals surface area contributed by atoms with E-state index >= 15 is 0 Å². The first-order valence-electron chi connectivity index (χ1n) is 6.85. The molecular formula is C15H16F2O3. The molecule has 0 aromatic heterocycles. The Kier molecular flexibility index (Phi) is 3.36. The maximum Gasteiger partial charge on any atom is 0.305 e. The molecule has 3 nitrogen and oxygen atoms in total. The van der Waals surface area contributed by atoms with Gasteiger partial charge in [-0.1, -0.05) is 0 Å². The molecule has 0 saturated carbocycles. The van der Waals surface area contributed by atoms with Crippen molar-refractivity contribution in [3.63, 3.8) is 0 Å². The van der Waals surface area contributed by atoms with Crippen LogP contribution in [0.5, 0.6) is 5.75 Å². The smallest absolute Gasteiger partial charge is 0.305 e. The Morgan fingerprint density at radius 2 is 2.10 bits per heavy atom. The van der Waals surface area contributed by atoms with Crippen molar-refractivity contribution in [2.24, 2.45) is 0 Å². The predicted octanol–water partition coefficient (Wildman–Crippen LogP) is 2.88. The minimum absolute atomic E-state index is 0.0752. The van der Waals surface area contributed by atoms with Gasteiger partial charge in [0.1, 0.15) is 0 Å². The van der Waals surface area contributed by atoms with Gasteiger partial charge in [0.2, 0.25) is 5.82 Å². The summed E-state index contributed by atoms with van der Waals surface area (Å²) in [4.78, 5) is 11.3. The second-order valence-corrected chi connectivity index (χ2v) is 5.28. The highest BCUT2D eigenvalue weighted by Gasteiger charge is 2.35. The van der Waals surface area contributed by atoms with E-state index in [0.29, 0.717) is 37.9 Å². The zero-order chi connectivity index (χ0) is 14.3. The van der Waals surface area contributed by atoms with Crippen LogP contribution in [0.2, 0.25) is 0 Å². The van der Waals surface area contributed by atoms with Gasteiger partial charge in [-0.05, 0) is 36.3 Å². The summed E-state index contributed by atoms with van der Waals surface area (Å²) in [6.45, 7) is 0.395. The molecule has 0 amide bonds. The average Bonchev–Trinajstić information content (AvgIpc) is 3.08. The maximum absolute atomic E-state index is 14.0. The Bertz CT molecular complexity index is 569. The number of rotatable bonds is 3. The lowest BCUT2D eigenvalue weighted by Gasteiger charge is -2.15. The molecule has 0 spiro atoms. The Morgan fingerprint density at radius 1 is 1.30 bits per heavy atom. The van der Waals surface area contributed by atoms with Gasteiger partial charge in [0.05, 0.1) is 13.7 Å². The van der Waals surface area contributed by atoms with E-state index in [4.69, 9.17) is 4.74 Å². The number of hydrogen-bond acceptors (Lipinski definition) is 3. The topological polar surface area (TPSA) is 35.5 Å². The second-order valence-electron chi connectivity index (χ2n) is 5.28. The average molecular weight is 282 g/mol. The van der Waals surface area contributed by atoms with Crippen molar-refractivity contribution >= 4 is 5.97 Å². The zero-order valence-corrected chi connectivity index (χ0v) is 11.3. The molecule has 108 valence electrons. The van der Waals surface area contributed by atoms with Gasteiger partial charge >= 0.3 is 5.97 Å². The molecule has 2 aliphatic rings. The number of carbonyl (C=O) groups excluding carboxylic acids is 1. The first kappa shape index (κ1) is 13.3. The van der Waals surface area contributed by atoms with Gasteiger partial charge in [-0.15, -0.1) is 0 Å². The van der Waals surface area contributed by atoms with E-state index < -0.39 is 11.6 Å². The maximum atomic E-state index is 14.0. The molecule has 20 heavy (non-hydrogen) atoms. The molecule has 1 unspecified atom stereocenters. The lowest BCUT2D eigenvalue weighted by molar-refractivity contribution is -0.140. The Hall–Kier alpha value is -1.65. The first-order chi connectivity index (χ1) is 9.63. The summed E-state index contributed by atoms with van der Waals surface area (Å²) in [5, 5.41) is 0. The Balaban J connectivity index is 1.95. The van der Waals surface area contributed by atoms with E-state index in [2.05, 4.69) is 4.74 Å². The first-order valence-corrected chi connectivity index (χ1v) is 6.85. The van der Waals surface area contributed by atoms with Crippen molar-refractivity contribution in [2.45, 2.75) is 38.0 Å². The van der Waals surface area contributed by atoms with Gasteiger partial charge in [0.25, 0.3) is 0 Å². The summed E-state index contributed by atoms with van der Waals surface area (Å²) >= 11 is 0. The molecule has 1 heterocycles. The molecule has 1 aromatic rings. The Labute approximate surface area is 115 Å². The van der Waals surface area contributed by atoms with E-state index in [0.717, 1.165) is 17.5 Å². The van der Waals surface area contributed by atoms with E-state index in [1.807, 2.05) is 0 Å². The van der Waals surface area contributed by atoms with Crippen LogP contribution in [0.15, 0.2) is 0 Å². The highest BCUT2D eigenvalue weighted by molar-refractivity contribution is 5.69. The molecule has 1 aliphatic heterocycles. The van der Waals surface area contributed by atoms with E-state index in [-0.39, 0.29) is 17.6 Å². The van der Waals surface area contributed by atoms with Crippen molar-refractivity contribution in [3.8, 4) is 5.75 Å². The Morgan fingerprint density at radius 3 is 2.85 bits per heavy atom. The minimum Gasteiger partial charge on any atom is -0.490 e. The van der Waals surface area contributed by atoms with Crippen LogP contribution in [0, 0.1) is 11.6 Å². The van der Waals surface area contributed by atoms with Crippen LogP contribution in [-0.2, 0) is 22.4 Å². The van der Waals surface area contributed by atoms with E-state index in [1.165, 1.54) is 7.11 Å². The number of esters is 1. The van der Waals surface area contributed by atoms with Crippen LogP contribution in [0.25, 0.3) is 0 Å². The lowest BCUT2D eigenvalue weighted by Crippen LogP contribution is -2.06. The lowest BCUT2D eigenvalue weighted by atomic mass is 9.90. The predicted molar refractivity (Wildman–Crippen MR) is 67.9 cm³/mol. The fraction of sp³-hybridized carbons (Fsp3) is 0.533. The number of benzene rings is 1. The molecule has 1 atom stereocenters. The normalized spacial score (nSPS) is 19.4. The molecule has 0 bridgehead atoms. The van der Waals surface area contributed by atoms with Gasteiger partial charge in [-0.2, -0.15) is 4.39 Å². The van der Waals surface area contributed by atoms with Crippen LogP contribution in [0.3, 0.4) is 0 Å². The summed E-state index contributed by atoms with van der Waals surface area (Å²) in [5.41, 5.74) is 2.15. The zero-order valence-electron chi connectivity index (χ0n) is 11.3. The van der Waals surface area contributed by atoms with Crippen LogP contribution >= 0.6 is 0 Å². The molecule has 1 aromatic carbocycles. The third kappa shape index (κ3) is 1.96. The van der Waals surface area contributed by atoms with Crippen LogP contribution in [0.1, 0.15) is 41.9 Å². The van der Waals surface area contributed by atoms with Crippen LogP contribution < -0.4 is 4.74 Å². The monoisotopic (exact) mass is 282 g/mol. The quantitative estimate of drug-likeness (QED) is 0.800. The van der Waals surface area contributed by atoms with Crippen molar-refractivity contribution in [2.75, 3.05) is 13.7 Å². The third-order valence-electron chi connectivity index (χ3n) is 4.26. The summed E-state index contributed by atoms with van der Waals surface area (Å²) in [7, 11) is 1.35. The SMILES string of the molecule is COC(=O)CCC1CCc2c(F)c(F)c3c(c21)CCO3. The van der Waals surface area contributed by atoms with Gasteiger partial charge in [0.15, 0.2) is 11.6 Å². The number of methoxy groups -OCH3 is 1. The van der Waals surface area contributed by atoms with Crippen molar-refractivity contribution in [1.82, 2.24) is 0 Å². The molecular weight excluding hydrogens is 266 g/mol. The number of halogens is 2. The van der Waals surface area contributed by atoms with Crippen molar-refractivity contribution in [3.05, 3.63) is 28.3 Å². The van der Waals surface area contributed by atoms with Gasteiger partial charge in [0, 0.05) is 18.4 Å². The van der Waals surface area contributed by atoms with Gasteiger partial charge < -0.3 is 9.47 Å². The highest BCUT2D eigenvalue weighted by Crippen LogP contribution is 2.46. The molecule has 0 fully saturated rings. The summed E-state index contributed by atoms with van der Waals surface area (Å²) < 4.78 is 37.8. The largest absolute Gasteiger partial charge is 0.490 e. The van der Waals surface area contributed by atoms with Crippen LogP contribution in [-0.4, -0.2) is 19.7 Å². The minimum atomic E-state index is -0.857. The molecule has 3 rings (SSSR count). The highest BCUT2D eigenvalue weighted by atomic mass is 19.2. The molecule has 5 heteroatoms. The fourth-order valence-electron chi connectivity index (χ4n) is 3.32. The molecule has 0 saturated heterocycles. The van der Waals surface area contributed by atoms with E-state index in [9.17, 15) is 13.6 Å².